The maximum absolute atomic E-state index is 11.2. The van der Waals surface area contributed by atoms with Gasteiger partial charge in [0.05, 0.1) is 0 Å². The standard InChI is InChI=1S/C14H19NO2/c1-14(2)8-11(14)9-15-12(13(16)17)10-6-4-3-5-7-10/h3-7,11-12,15H,8-9H2,1-2H3,(H,16,17). The summed E-state index contributed by atoms with van der Waals surface area (Å²) in [5.41, 5.74) is 1.20. The summed E-state index contributed by atoms with van der Waals surface area (Å²) >= 11 is 0. The molecule has 0 aliphatic heterocycles. The Balaban J connectivity index is 1.97. The lowest BCUT2D eigenvalue weighted by Gasteiger charge is -2.15. The van der Waals surface area contributed by atoms with Crippen molar-refractivity contribution >= 4 is 5.97 Å². The van der Waals surface area contributed by atoms with Crippen LogP contribution in [0.1, 0.15) is 31.9 Å². The Morgan fingerprint density at radius 3 is 2.53 bits per heavy atom. The number of carbonyl (C=O) groups is 1. The zero-order chi connectivity index (χ0) is 12.5. The van der Waals surface area contributed by atoms with Crippen LogP contribution in [0.25, 0.3) is 0 Å². The average molecular weight is 233 g/mol. The SMILES string of the molecule is CC1(C)CC1CNC(C(=O)O)c1ccccc1. The topological polar surface area (TPSA) is 49.3 Å². The Labute approximate surface area is 102 Å². The van der Waals surface area contributed by atoms with Gasteiger partial charge < -0.3 is 10.4 Å². The van der Waals surface area contributed by atoms with Crippen molar-refractivity contribution in [2.45, 2.75) is 26.3 Å². The van der Waals surface area contributed by atoms with E-state index in [-0.39, 0.29) is 0 Å². The van der Waals surface area contributed by atoms with Crippen LogP contribution >= 0.6 is 0 Å². The van der Waals surface area contributed by atoms with Gasteiger partial charge in [-0.2, -0.15) is 0 Å². The zero-order valence-electron chi connectivity index (χ0n) is 10.3. The van der Waals surface area contributed by atoms with Gasteiger partial charge in [-0.15, -0.1) is 0 Å². The molecule has 1 aromatic carbocycles. The van der Waals surface area contributed by atoms with Crippen LogP contribution in [0.3, 0.4) is 0 Å². The van der Waals surface area contributed by atoms with E-state index in [0.717, 1.165) is 12.1 Å². The number of hydrogen-bond acceptors (Lipinski definition) is 2. The van der Waals surface area contributed by atoms with Crippen LogP contribution in [-0.2, 0) is 4.79 Å². The van der Waals surface area contributed by atoms with Gasteiger partial charge >= 0.3 is 5.97 Å². The molecule has 17 heavy (non-hydrogen) atoms. The summed E-state index contributed by atoms with van der Waals surface area (Å²) in [4.78, 5) is 11.2. The molecule has 2 atom stereocenters. The second-order valence-electron chi connectivity index (χ2n) is 5.48. The largest absolute Gasteiger partial charge is 0.480 e. The predicted octanol–water partition coefficient (Wildman–Crippen LogP) is 2.45. The van der Waals surface area contributed by atoms with E-state index in [1.165, 1.54) is 6.42 Å². The summed E-state index contributed by atoms with van der Waals surface area (Å²) in [7, 11) is 0. The molecule has 0 heterocycles. The summed E-state index contributed by atoms with van der Waals surface area (Å²) in [6.45, 7) is 5.22. The third-order valence-corrected chi connectivity index (χ3v) is 3.67. The maximum Gasteiger partial charge on any atom is 0.325 e. The number of hydrogen-bond donors (Lipinski definition) is 2. The van der Waals surface area contributed by atoms with Crippen LogP contribution in [0.4, 0.5) is 0 Å². The molecule has 0 amide bonds. The van der Waals surface area contributed by atoms with Gasteiger partial charge in [-0.25, -0.2) is 0 Å². The van der Waals surface area contributed by atoms with Crippen molar-refractivity contribution in [3.63, 3.8) is 0 Å². The fourth-order valence-electron chi connectivity index (χ4n) is 2.18. The lowest BCUT2D eigenvalue weighted by molar-refractivity contribution is -0.139. The normalized spacial score (nSPS) is 23.1. The van der Waals surface area contributed by atoms with Crippen molar-refractivity contribution in [2.75, 3.05) is 6.54 Å². The van der Waals surface area contributed by atoms with Crippen molar-refractivity contribution in [3.8, 4) is 0 Å². The summed E-state index contributed by atoms with van der Waals surface area (Å²) in [5, 5.41) is 12.4. The molecule has 1 fully saturated rings. The molecule has 2 N–H and O–H groups in total. The molecule has 3 nitrogen and oxygen atoms in total. The molecule has 3 heteroatoms. The van der Waals surface area contributed by atoms with Gasteiger partial charge in [-0.3, -0.25) is 4.79 Å². The Bertz CT molecular complexity index is 400. The molecule has 1 aliphatic rings. The molecule has 1 aromatic rings. The van der Waals surface area contributed by atoms with Crippen molar-refractivity contribution < 1.29 is 9.90 Å². The van der Waals surface area contributed by atoms with Crippen LogP contribution in [-0.4, -0.2) is 17.6 Å². The van der Waals surface area contributed by atoms with Gasteiger partial charge in [0.1, 0.15) is 6.04 Å². The first-order valence-corrected chi connectivity index (χ1v) is 6.02. The highest BCUT2D eigenvalue weighted by Gasteiger charge is 2.45. The fraction of sp³-hybridized carbons (Fsp3) is 0.500. The Hall–Kier alpha value is -1.35. The van der Waals surface area contributed by atoms with Gasteiger partial charge in [0.15, 0.2) is 0 Å². The summed E-state index contributed by atoms with van der Waals surface area (Å²) < 4.78 is 0. The molecule has 0 aromatic heterocycles. The summed E-state index contributed by atoms with van der Waals surface area (Å²) in [6, 6.07) is 8.75. The first kappa shape index (κ1) is 12.1. The lowest BCUT2D eigenvalue weighted by atomic mass is 10.1. The second kappa shape index (κ2) is 4.49. The number of rotatable bonds is 5. The summed E-state index contributed by atoms with van der Waals surface area (Å²) in [5.74, 6) is -0.206. The van der Waals surface area contributed by atoms with E-state index in [1.54, 1.807) is 0 Å². The average Bonchev–Trinajstić information content (AvgIpc) is 2.88. The van der Waals surface area contributed by atoms with Gasteiger partial charge in [0.2, 0.25) is 0 Å². The van der Waals surface area contributed by atoms with E-state index in [4.69, 9.17) is 0 Å². The zero-order valence-corrected chi connectivity index (χ0v) is 10.3. The first-order valence-electron chi connectivity index (χ1n) is 6.02. The van der Waals surface area contributed by atoms with Crippen LogP contribution in [0.5, 0.6) is 0 Å². The third-order valence-electron chi connectivity index (χ3n) is 3.67. The van der Waals surface area contributed by atoms with Gasteiger partial charge in [0, 0.05) is 0 Å². The van der Waals surface area contributed by atoms with E-state index in [9.17, 15) is 9.90 Å². The minimum atomic E-state index is -0.811. The van der Waals surface area contributed by atoms with E-state index in [0.29, 0.717) is 11.3 Å². The van der Waals surface area contributed by atoms with E-state index in [2.05, 4.69) is 19.2 Å². The molecule has 0 saturated heterocycles. The minimum Gasteiger partial charge on any atom is -0.480 e. The number of benzene rings is 1. The van der Waals surface area contributed by atoms with Crippen LogP contribution in [0.15, 0.2) is 30.3 Å². The molecule has 1 saturated carbocycles. The van der Waals surface area contributed by atoms with Gasteiger partial charge in [0.25, 0.3) is 0 Å². The first-order chi connectivity index (χ1) is 8.00. The minimum absolute atomic E-state index is 0.382. The van der Waals surface area contributed by atoms with Crippen LogP contribution in [0.2, 0.25) is 0 Å². The maximum atomic E-state index is 11.2. The third kappa shape index (κ3) is 2.86. The second-order valence-corrected chi connectivity index (χ2v) is 5.48. The van der Waals surface area contributed by atoms with E-state index < -0.39 is 12.0 Å². The Morgan fingerprint density at radius 1 is 1.47 bits per heavy atom. The molecule has 0 bridgehead atoms. The lowest BCUT2D eigenvalue weighted by Crippen LogP contribution is -2.30. The van der Waals surface area contributed by atoms with Gasteiger partial charge in [-0.05, 0) is 29.9 Å². The van der Waals surface area contributed by atoms with Crippen LogP contribution in [0, 0.1) is 11.3 Å². The molecule has 0 radical (unpaired) electrons. The monoisotopic (exact) mass is 233 g/mol. The number of carboxylic acid groups (broad SMARTS) is 1. The summed E-state index contributed by atoms with van der Waals surface area (Å²) in [6.07, 6.45) is 1.18. The Morgan fingerprint density at radius 2 is 2.06 bits per heavy atom. The van der Waals surface area contributed by atoms with Gasteiger partial charge in [-0.1, -0.05) is 44.2 Å². The highest BCUT2D eigenvalue weighted by atomic mass is 16.4. The number of carboxylic acids is 1. The van der Waals surface area contributed by atoms with Crippen molar-refractivity contribution in [1.82, 2.24) is 5.32 Å². The quantitative estimate of drug-likeness (QED) is 0.821. The van der Waals surface area contributed by atoms with Crippen molar-refractivity contribution in [1.29, 1.82) is 0 Å². The molecule has 2 rings (SSSR count). The number of aliphatic carboxylic acids is 1. The molecule has 0 spiro atoms. The smallest absolute Gasteiger partial charge is 0.325 e. The van der Waals surface area contributed by atoms with Crippen LogP contribution < -0.4 is 5.32 Å². The fourth-order valence-corrected chi connectivity index (χ4v) is 2.18. The predicted molar refractivity (Wildman–Crippen MR) is 66.7 cm³/mol. The molecule has 2 unspecified atom stereocenters. The molecular weight excluding hydrogens is 214 g/mol. The van der Waals surface area contributed by atoms with Crippen molar-refractivity contribution in [2.24, 2.45) is 11.3 Å². The van der Waals surface area contributed by atoms with E-state index >= 15 is 0 Å². The van der Waals surface area contributed by atoms with E-state index in [1.807, 2.05) is 30.3 Å². The number of nitrogens with one attached hydrogen (secondary N) is 1. The molecular formula is C14H19NO2. The molecule has 92 valence electrons. The highest BCUT2D eigenvalue weighted by molar-refractivity contribution is 5.75. The Kier molecular flexibility index (Phi) is 3.20. The highest BCUT2D eigenvalue weighted by Crippen LogP contribution is 2.51. The van der Waals surface area contributed by atoms with Crippen molar-refractivity contribution in [3.05, 3.63) is 35.9 Å². The molecule has 1 aliphatic carbocycles.